The second-order valence-corrected chi connectivity index (χ2v) is 5.76. The zero-order chi connectivity index (χ0) is 13.4. The predicted octanol–water partition coefficient (Wildman–Crippen LogP) is 2.25. The molecule has 2 N–H and O–H groups in total. The molecule has 1 aliphatic carbocycles. The van der Waals surface area contributed by atoms with E-state index in [0.717, 1.165) is 44.9 Å². The molecular formula is C15H32N2O. The maximum Gasteiger partial charge on any atom is 0.0613 e. The first-order valence-electron chi connectivity index (χ1n) is 7.78. The van der Waals surface area contributed by atoms with Crippen molar-refractivity contribution in [1.82, 2.24) is 10.2 Å². The number of hydrogen-bond acceptors (Lipinski definition) is 3. The van der Waals surface area contributed by atoms with Gasteiger partial charge in [0.15, 0.2) is 0 Å². The highest BCUT2D eigenvalue weighted by atomic mass is 16.3. The molecule has 3 heteroatoms. The second-order valence-electron chi connectivity index (χ2n) is 5.76. The van der Waals surface area contributed by atoms with Gasteiger partial charge in [-0.2, -0.15) is 0 Å². The molecule has 1 rings (SSSR count). The van der Waals surface area contributed by atoms with E-state index in [1.54, 1.807) is 0 Å². The molecule has 1 saturated carbocycles. The summed E-state index contributed by atoms with van der Waals surface area (Å²) in [7, 11) is 0. The van der Waals surface area contributed by atoms with Gasteiger partial charge in [0.25, 0.3) is 0 Å². The quantitative estimate of drug-likeness (QED) is 0.699. The zero-order valence-electron chi connectivity index (χ0n) is 12.5. The molecule has 1 aliphatic rings. The van der Waals surface area contributed by atoms with Crippen LogP contribution in [-0.2, 0) is 0 Å². The average Bonchev–Trinajstić information content (AvgIpc) is 2.44. The van der Waals surface area contributed by atoms with E-state index < -0.39 is 0 Å². The molecule has 0 radical (unpaired) electrons. The molecule has 2 unspecified atom stereocenters. The Morgan fingerprint density at radius 3 is 2.56 bits per heavy atom. The molecule has 0 aromatic heterocycles. The third-order valence-corrected chi connectivity index (χ3v) is 4.65. The molecule has 2 atom stereocenters. The molecule has 18 heavy (non-hydrogen) atoms. The van der Waals surface area contributed by atoms with Crippen molar-refractivity contribution >= 4 is 0 Å². The molecule has 108 valence electrons. The fourth-order valence-electron chi connectivity index (χ4n) is 3.21. The van der Waals surface area contributed by atoms with E-state index in [1.165, 1.54) is 19.3 Å². The summed E-state index contributed by atoms with van der Waals surface area (Å²) in [6.45, 7) is 11.3. The molecule has 3 nitrogen and oxygen atoms in total. The molecule has 0 saturated heterocycles. The average molecular weight is 256 g/mol. The summed E-state index contributed by atoms with van der Waals surface area (Å²) in [6, 6.07) is 0. The van der Waals surface area contributed by atoms with Crippen molar-refractivity contribution in [3.05, 3.63) is 0 Å². The van der Waals surface area contributed by atoms with E-state index >= 15 is 0 Å². The largest absolute Gasteiger partial charge is 0.394 e. The molecule has 0 spiro atoms. The van der Waals surface area contributed by atoms with Gasteiger partial charge in [0, 0.05) is 18.6 Å². The van der Waals surface area contributed by atoms with Crippen molar-refractivity contribution in [2.45, 2.75) is 58.4 Å². The Hall–Kier alpha value is -0.120. The van der Waals surface area contributed by atoms with Crippen molar-refractivity contribution in [2.75, 3.05) is 32.8 Å². The molecule has 0 aliphatic heterocycles. The van der Waals surface area contributed by atoms with E-state index in [2.05, 4.69) is 31.0 Å². The molecular weight excluding hydrogens is 224 g/mol. The summed E-state index contributed by atoms with van der Waals surface area (Å²) in [6.07, 6.45) is 6.14. The van der Waals surface area contributed by atoms with Crippen molar-refractivity contribution < 1.29 is 5.11 Å². The predicted molar refractivity (Wildman–Crippen MR) is 77.9 cm³/mol. The SMILES string of the molecule is CCC1CCCC(CO)(NCCN(CC)CC)C1. The van der Waals surface area contributed by atoms with E-state index in [4.69, 9.17) is 0 Å². The maximum absolute atomic E-state index is 9.76. The summed E-state index contributed by atoms with van der Waals surface area (Å²) < 4.78 is 0. The van der Waals surface area contributed by atoms with Crippen molar-refractivity contribution in [3.63, 3.8) is 0 Å². The lowest BCUT2D eigenvalue weighted by Gasteiger charge is -2.41. The first-order chi connectivity index (χ1) is 8.69. The normalized spacial score (nSPS) is 28.8. The lowest BCUT2D eigenvalue weighted by Crippen LogP contribution is -2.53. The Balaban J connectivity index is 2.40. The summed E-state index contributed by atoms with van der Waals surface area (Å²) in [5, 5.41) is 13.4. The van der Waals surface area contributed by atoms with Crippen LogP contribution in [0.5, 0.6) is 0 Å². The van der Waals surface area contributed by atoms with E-state index in [9.17, 15) is 5.11 Å². The summed E-state index contributed by atoms with van der Waals surface area (Å²) in [5.74, 6) is 0.798. The number of rotatable bonds is 8. The van der Waals surface area contributed by atoms with Gasteiger partial charge < -0.3 is 15.3 Å². The fourth-order valence-corrected chi connectivity index (χ4v) is 3.21. The van der Waals surface area contributed by atoms with Crippen LogP contribution in [0.2, 0.25) is 0 Å². The Bertz CT molecular complexity index is 219. The highest BCUT2D eigenvalue weighted by Gasteiger charge is 2.34. The van der Waals surface area contributed by atoms with Crippen LogP contribution in [0, 0.1) is 5.92 Å². The van der Waals surface area contributed by atoms with Crippen molar-refractivity contribution in [1.29, 1.82) is 0 Å². The number of likely N-dealkylation sites (N-methyl/N-ethyl adjacent to an activating group) is 1. The lowest BCUT2D eigenvalue weighted by atomic mass is 9.75. The Morgan fingerprint density at radius 2 is 2.00 bits per heavy atom. The van der Waals surface area contributed by atoms with Crippen LogP contribution >= 0.6 is 0 Å². The van der Waals surface area contributed by atoms with Gasteiger partial charge in [0.05, 0.1) is 6.61 Å². The first kappa shape index (κ1) is 15.9. The molecule has 0 amide bonds. The van der Waals surface area contributed by atoms with Gasteiger partial charge in [-0.25, -0.2) is 0 Å². The Labute approximate surface area is 113 Å². The number of aliphatic hydroxyl groups is 1. The van der Waals surface area contributed by atoms with Crippen molar-refractivity contribution in [2.24, 2.45) is 5.92 Å². The van der Waals surface area contributed by atoms with Gasteiger partial charge >= 0.3 is 0 Å². The van der Waals surface area contributed by atoms with Crippen LogP contribution in [-0.4, -0.2) is 48.3 Å². The molecule has 0 heterocycles. The van der Waals surface area contributed by atoms with E-state index in [0.29, 0.717) is 6.61 Å². The number of nitrogens with one attached hydrogen (secondary N) is 1. The monoisotopic (exact) mass is 256 g/mol. The summed E-state index contributed by atoms with van der Waals surface area (Å²) in [4.78, 5) is 2.43. The van der Waals surface area contributed by atoms with Gasteiger partial charge in [-0.15, -0.1) is 0 Å². The van der Waals surface area contributed by atoms with Crippen LogP contribution in [0.1, 0.15) is 52.9 Å². The topological polar surface area (TPSA) is 35.5 Å². The molecule has 1 fully saturated rings. The van der Waals surface area contributed by atoms with Gasteiger partial charge in [-0.05, 0) is 31.8 Å². The van der Waals surface area contributed by atoms with E-state index in [-0.39, 0.29) is 5.54 Å². The first-order valence-corrected chi connectivity index (χ1v) is 7.78. The van der Waals surface area contributed by atoms with E-state index in [1.807, 2.05) is 0 Å². The summed E-state index contributed by atoms with van der Waals surface area (Å²) in [5.41, 5.74) is 0.00603. The van der Waals surface area contributed by atoms with Crippen LogP contribution < -0.4 is 5.32 Å². The summed E-state index contributed by atoms with van der Waals surface area (Å²) >= 11 is 0. The molecule has 0 bridgehead atoms. The third-order valence-electron chi connectivity index (χ3n) is 4.65. The smallest absolute Gasteiger partial charge is 0.0613 e. The number of nitrogens with zero attached hydrogens (tertiary/aromatic N) is 1. The highest BCUT2D eigenvalue weighted by molar-refractivity contribution is 4.93. The Kier molecular flexibility index (Phi) is 7.20. The third kappa shape index (κ3) is 4.52. The lowest BCUT2D eigenvalue weighted by molar-refractivity contribution is 0.0912. The standard InChI is InChI=1S/C15H32N2O/c1-4-14-8-7-9-15(12-14,13-18)16-10-11-17(5-2)6-3/h14,16,18H,4-13H2,1-3H3. The molecule has 0 aromatic rings. The van der Waals surface area contributed by atoms with Crippen LogP contribution in [0.3, 0.4) is 0 Å². The number of aliphatic hydroxyl groups excluding tert-OH is 1. The van der Waals surface area contributed by atoms with Gasteiger partial charge in [-0.1, -0.05) is 40.0 Å². The van der Waals surface area contributed by atoms with Crippen LogP contribution in [0.4, 0.5) is 0 Å². The number of hydrogen-bond donors (Lipinski definition) is 2. The highest BCUT2D eigenvalue weighted by Crippen LogP contribution is 2.33. The van der Waals surface area contributed by atoms with Gasteiger partial charge in [-0.3, -0.25) is 0 Å². The minimum Gasteiger partial charge on any atom is -0.394 e. The van der Waals surface area contributed by atoms with Crippen molar-refractivity contribution in [3.8, 4) is 0 Å². The van der Waals surface area contributed by atoms with Crippen LogP contribution in [0.25, 0.3) is 0 Å². The fraction of sp³-hybridized carbons (Fsp3) is 1.00. The molecule has 0 aromatic carbocycles. The maximum atomic E-state index is 9.76. The second kappa shape index (κ2) is 8.13. The zero-order valence-corrected chi connectivity index (χ0v) is 12.5. The Morgan fingerprint density at radius 1 is 1.28 bits per heavy atom. The minimum absolute atomic E-state index is 0.00603. The van der Waals surface area contributed by atoms with Gasteiger partial charge in [0.1, 0.15) is 0 Å². The van der Waals surface area contributed by atoms with Crippen LogP contribution in [0.15, 0.2) is 0 Å². The van der Waals surface area contributed by atoms with Gasteiger partial charge in [0.2, 0.25) is 0 Å². The minimum atomic E-state index is 0.00603.